The van der Waals surface area contributed by atoms with E-state index in [2.05, 4.69) is 29.3 Å². The van der Waals surface area contributed by atoms with Crippen LogP contribution in [0.2, 0.25) is 0 Å². The third-order valence-electron chi connectivity index (χ3n) is 4.95. The average Bonchev–Trinajstić information content (AvgIpc) is 2.75. The van der Waals surface area contributed by atoms with Gasteiger partial charge in [0.15, 0.2) is 0 Å². The average molecular weight is 436 g/mol. The van der Waals surface area contributed by atoms with Gasteiger partial charge in [-0.3, -0.25) is 4.79 Å². The number of rotatable bonds is 5. The first-order valence-corrected chi connectivity index (χ1v) is 11.4. The van der Waals surface area contributed by atoms with Crippen LogP contribution in [0.1, 0.15) is 16.8 Å². The molecule has 2 aromatic rings. The molecule has 1 aliphatic carbocycles. The largest absolute Gasteiger partial charge is 0.380 e. The van der Waals surface area contributed by atoms with E-state index in [9.17, 15) is 10.1 Å². The highest BCUT2D eigenvalue weighted by atomic mass is 32.2. The highest BCUT2D eigenvalue weighted by molar-refractivity contribution is 8.00. The Labute approximate surface area is 184 Å². The fourth-order valence-corrected chi connectivity index (χ4v) is 5.87. The molecule has 4 rings (SSSR count). The summed E-state index contributed by atoms with van der Waals surface area (Å²) in [6.07, 6.45) is 8.26. The second-order valence-electron chi connectivity index (χ2n) is 7.01. The number of amides is 1. The maximum atomic E-state index is 13.4. The number of benzene rings is 1. The minimum absolute atomic E-state index is 0.00295. The van der Waals surface area contributed by atoms with E-state index < -0.39 is 0 Å². The van der Waals surface area contributed by atoms with Crippen molar-refractivity contribution in [1.82, 2.24) is 4.98 Å². The Bertz CT molecular complexity index is 1070. The normalized spacial score (nSPS) is 19.2. The van der Waals surface area contributed by atoms with Crippen LogP contribution in [0, 0.1) is 18.3 Å². The molecule has 5 nitrogen and oxygen atoms in total. The zero-order chi connectivity index (χ0) is 21.1. The molecule has 30 heavy (non-hydrogen) atoms. The van der Waals surface area contributed by atoms with Crippen molar-refractivity contribution in [2.24, 2.45) is 0 Å². The van der Waals surface area contributed by atoms with E-state index in [1.54, 1.807) is 18.9 Å². The quantitative estimate of drug-likeness (QED) is 0.644. The molecule has 0 fully saturated rings. The van der Waals surface area contributed by atoms with Gasteiger partial charge in [-0.1, -0.05) is 48.2 Å². The van der Waals surface area contributed by atoms with Crippen LogP contribution in [0.3, 0.4) is 0 Å². The molecular weight excluding hydrogens is 414 g/mol. The Morgan fingerprint density at radius 1 is 1.33 bits per heavy atom. The molecule has 0 spiro atoms. The van der Waals surface area contributed by atoms with Gasteiger partial charge in [0, 0.05) is 17.7 Å². The lowest BCUT2D eigenvalue weighted by atomic mass is 10.0. The van der Waals surface area contributed by atoms with Gasteiger partial charge in [0.05, 0.1) is 34.9 Å². The second kappa shape index (κ2) is 9.09. The lowest BCUT2D eigenvalue weighted by Gasteiger charge is -2.40. The van der Waals surface area contributed by atoms with Crippen LogP contribution < -0.4 is 4.90 Å². The Hall–Kier alpha value is -2.53. The van der Waals surface area contributed by atoms with Crippen LogP contribution in [-0.4, -0.2) is 35.0 Å². The second-order valence-corrected chi connectivity index (χ2v) is 9.19. The number of anilines is 1. The summed E-state index contributed by atoms with van der Waals surface area (Å²) in [5.41, 5.74) is 3.01. The number of para-hydroxylation sites is 1. The molecule has 1 aromatic heterocycles. The van der Waals surface area contributed by atoms with Gasteiger partial charge in [-0.25, -0.2) is 4.98 Å². The maximum absolute atomic E-state index is 13.4. The molecule has 0 bridgehead atoms. The van der Waals surface area contributed by atoms with Gasteiger partial charge in [-0.15, -0.1) is 11.8 Å². The van der Waals surface area contributed by atoms with Gasteiger partial charge in [-0.2, -0.15) is 5.26 Å². The Kier molecular flexibility index (Phi) is 6.28. The van der Waals surface area contributed by atoms with Crippen molar-refractivity contribution >= 4 is 35.1 Å². The summed E-state index contributed by atoms with van der Waals surface area (Å²) in [7, 11) is 1.60. The third-order valence-corrected chi connectivity index (χ3v) is 7.22. The molecule has 0 N–H and O–H groups in total. The van der Waals surface area contributed by atoms with E-state index in [1.165, 1.54) is 11.8 Å². The molecule has 152 valence electrons. The number of hydrogen-bond acceptors (Lipinski definition) is 6. The number of hydrogen-bond donors (Lipinski definition) is 0. The number of nitriles is 1. The van der Waals surface area contributed by atoms with Gasteiger partial charge < -0.3 is 9.64 Å². The number of aromatic nitrogens is 1. The van der Waals surface area contributed by atoms with Crippen LogP contribution in [0.25, 0.3) is 0 Å². The van der Waals surface area contributed by atoms with Crippen molar-refractivity contribution < 1.29 is 9.53 Å². The minimum atomic E-state index is -0.0204. The number of methoxy groups -OCH3 is 1. The smallest absolute Gasteiger partial charge is 0.238 e. The lowest BCUT2D eigenvalue weighted by Crippen LogP contribution is -2.48. The first-order valence-electron chi connectivity index (χ1n) is 9.57. The van der Waals surface area contributed by atoms with E-state index >= 15 is 0 Å². The molecule has 0 radical (unpaired) electrons. The number of fused-ring (bicyclic) bond motifs is 2. The summed E-state index contributed by atoms with van der Waals surface area (Å²) >= 11 is 3.10. The van der Waals surface area contributed by atoms with Gasteiger partial charge in [0.2, 0.25) is 5.91 Å². The number of aryl methyl sites for hydroxylation is 1. The molecule has 2 heterocycles. The van der Waals surface area contributed by atoms with E-state index in [0.29, 0.717) is 17.2 Å². The first-order chi connectivity index (χ1) is 14.6. The zero-order valence-corrected chi connectivity index (χ0v) is 18.4. The third kappa shape index (κ3) is 4.04. The summed E-state index contributed by atoms with van der Waals surface area (Å²) in [6.45, 7) is 2.22. The highest BCUT2D eigenvalue weighted by Gasteiger charge is 2.36. The summed E-state index contributed by atoms with van der Waals surface area (Å²) in [6, 6.07) is 12.1. The summed E-state index contributed by atoms with van der Waals surface area (Å²) in [5, 5.41) is 10.4. The topological polar surface area (TPSA) is 66.2 Å². The van der Waals surface area contributed by atoms with Crippen LogP contribution in [0.15, 0.2) is 64.6 Å². The van der Waals surface area contributed by atoms with Crippen LogP contribution in [0.5, 0.6) is 0 Å². The summed E-state index contributed by atoms with van der Waals surface area (Å²) in [5.74, 6) is 0.209. The van der Waals surface area contributed by atoms with Crippen molar-refractivity contribution in [2.75, 3.05) is 17.8 Å². The molecule has 0 saturated carbocycles. The number of ether oxygens (including phenoxy) is 1. The standard InChI is InChI=1S/C23H21N3O2S2/c1-15-11-16(13-28-2)17(12-24)23(25-15)29-14-22(27)26-18-7-3-5-9-20(18)30-21-10-6-4-8-19(21)26/h3-11,18,20H,13-14H2,1-2H3. The number of nitrogens with zero attached hydrogens (tertiary/aromatic N) is 3. The van der Waals surface area contributed by atoms with Crippen LogP contribution in [0.4, 0.5) is 5.69 Å². The molecule has 2 unspecified atom stereocenters. The molecular formula is C23H21N3O2S2. The van der Waals surface area contributed by atoms with Crippen molar-refractivity contribution in [3.63, 3.8) is 0 Å². The predicted molar refractivity (Wildman–Crippen MR) is 121 cm³/mol. The minimum Gasteiger partial charge on any atom is -0.380 e. The maximum Gasteiger partial charge on any atom is 0.238 e. The highest BCUT2D eigenvalue weighted by Crippen LogP contribution is 2.43. The van der Waals surface area contributed by atoms with E-state index in [4.69, 9.17) is 4.74 Å². The summed E-state index contributed by atoms with van der Waals surface area (Å²) in [4.78, 5) is 20.9. The van der Waals surface area contributed by atoms with E-state index in [1.807, 2.05) is 48.2 Å². The SMILES string of the molecule is COCc1cc(C)nc(SCC(=O)N2c3ccccc3SC3C=CC=CC32)c1C#N. The number of carbonyl (C=O) groups excluding carboxylic acids is 1. The lowest BCUT2D eigenvalue weighted by molar-refractivity contribution is -0.116. The zero-order valence-electron chi connectivity index (χ0n) is 16.7. The first kappa shape index (κ1) is 20.7. The molecule has 1 aliphatic heterocycles. The molecule has 1 amide bonds. The fraction of sp³-hybridized carbons (Fsp3) is 0.261. The van der Waals surface area contributed by atoms with Gasteiger partial charge >= 0.3 is 0 Å². The number of allylic oxidation sites excluding steroid dienone is 2. The van der Waals surface area contributed by atoms with E-state index in [0.717, 1.165) is 21.8 Å². The number of thioether (sulfide) groups is 2. The molecule has 1 aromatic carbocycles. The monoisotopic (exact) mass is 435 g/mol. The Morgan fingerprint density at radius 3 is 2.93 bits per heavy atom. The van der Waals surface area contributed by atoms with Gasteiger partial charge in [-0.05, 0) is 30.7 Å². The molecule has 2 atom stereocenters. The predicted octanol–water partition coefficient (Wildman–Crippen LogP) is 4.50. The van der Waals surface area contributed by atoms with Crippen molar-refractivity contribution in [1.29, 1.82) is 5.26 Å². The van der Waals surface area contributed by atoms with Gasteiger partial charge in [0.25, 0.3) is 0 Å². The Morgan fingerprint density at radius 2 is 2.13 bits per heavy atom. The molecule has 2 aliphatic rings. The number of pyridine rings is 1. The Balaban J connectivity index is 1.61. The van der Waals surface area contributed by atoms with Crippen molar-refractivity contribution in [3.8, 4) is 6.07 Å². The number of carbonyl (C=O) groups is 1. The molecule has 7 heteroatoms. The van der Waals surface area contributed by atoms with Crippen LogP contribution in [-0.2, 0) is 16.1 Å². The summed E-state index contributed by atoms with van der Waals surface area (Å²) < 4.78 is 5.22. The van der Waals surface area contributed by atoms with Crippen molar-refractivity contribution in [2.45, 2.75) is 34.7 Å². The van der Waals surface area contributed by atoms with E-state index in [-0.39, 0.29) is 23.0 Å². The van der Waals surface area contributed by atoms with Gasteiger partial charge in [0.1, 0.15) is 11.1 Å². The van der Waals surface area contributed by atoms with Crippen LogP contribution >= 0.6 is 23.5 Å². The molecule has 0 saturated heterocycles. The van der Waals surface area contributed by atoms with Crippen molar-refractivity contribution in [3.05, 3.63) is 71.5 Å². The fourth-order valence-electron chi connectivity index (χ4n) is 3.68.